The van der Waals surface area contributed by atoms with E-state index in [4.69, 9.17) is 22.1 Å². The minimum absolute atomic E-state index is 0.134. The molecule has 0 radical (unpaired) electrons. The number of carbonyl (C=O) groups excluding carboxylic acids is 1. The average Bonchev–Trinajstić information content (AvgIpc) is 2.91. The fraction of sp³-hybridized carbons (Fsp3) is 0.519. The van der Waals surface area contributed by atoms with Crippen LogP contribution in [0.2, 0.25) is 5.02 Å². The molecule has 1 unspecified atom stereocenters. The fourth-order valence-electron chi connectivity index (χ4n) is 4.93. The van der Waals surface area contributed by atoms with E-state index >= 15 is 8.78 Å². The highest BCUT2D eigenvalue weighted by molar-refractivity contribution is 7.89. The number of alkyl halides is 2. The number of benzene rings is 2. The van der Waals surface area contributed by atoms with Crippen LogP contribution in [0.25, 0.3) is 0 Å². The second-order valence-electron chi connectivity index (χ2n) is 10.1. The van der Waals surface area contributed by atoms with Crippen molar-refractivity contribution in [1.82, 2.24) is 9.62 Å². The molecule has 1 amide bonds. The predicted octanol–water partition coefficient (Wildman–Crippen LogP) is 4.69. The van der Waals surface area contributed by atoms with Crippen molar-refractivity contribution in [3.8, 4) is 5.75 Å². The number of likely N-dealkylation sites (tertiary alicyclic amines) is 1. The van der Waals surface area contributed by atoms with E-state index in [1.54, 1.807) is 0 Å². The van der Waals surface area contributed by atoms with Gasteiger partial charge in [0.1, 0.15) is 5.75 Å². The molecule has 0 aromatic heterocycles. The third-order valence-corrected chi connectivity index (χ3v) is 9.00. The van der Waals surface area contributed by atoms with Crippen LogP contribution in [0.1, 0.15) is 50.5 Å². The molecule has 2 aliphatic rings. The van der Waals surface area contributed by atoms with Gasteiger partial charge in [-0.15, -0.1) is 0 Å². The summed E-state index contributed by atoms with van der Waals surface area (Å²) in [6, 6.07) is 7.80. The van der Waals surface area contributed by atoms with Crippen LogP contribution in [0.15, 0.2) is 53.4 Å². The molecule has 208 valence electrons. The van der Waals surface area contributed by atoms with E-state index in [1.165, 1.54) is 60.6 Å². The Bertz CT molecular complexity index is 1180. The highest BCUT2D eigenvalue weighted by atomic mass is 35.5. The van der Waals surface area contributed by atoms with Gasteiger partial charge in [-0.05, 0) is 68.0 Å². The van der Waals surface area contributed by atoms with Gasteiger partial charge in [-0.2, -0.15) is 13.5 Å². The Labute approximate surface area is 227 Å². The molecular weight excluding hydrogens is 536 g/mol. The largest absolute Gasteiger partial charge is 0.493 e. The summed E-state index contributed by atoms with van der Waals surface area (Å²) in [6.07, 6.45) is 6.71. The molecule has 4 rings (SSSR count). The van der Waals surface area contributed by atoms with Crippen LogP contribution in [0.4, 0.5) is 8.78 Å². The lowest BCUT2D eigenvalue weighted by Gasteiger charge is -2.35. The minimum atomic E-state index is -4.49. The Morgan fingerprint density at radius 2 is 1.63 bits per heavy atom. The number of rotatable bonds is 9. The van der Waals surface area contributed by atoms with Crippen molar-refractivity contribution in [2.24, 2.45) is 11.7 Å². The number of ether oxygens (including phenoxy) is 1. The summed E-state index contributed by atoms with van der Waals surface area (Å²) >= 11 is 5.85. The molecule has 1 aliphatic carbocycles. The van der Waals surface area contributed by atoms with Crippen molar-refractivity contribution in [3.63, 3.8) is 0 Å². The van der Waals surface area contributed by atoms with Crippen LogP contribution in [-0.2, 0) is 20.7 Å². The summed E-state index contributed by atoms with van der Waals surface area (Å²) in [6.45, 7) is 0.887. The highest BCUT2D eigenvalue weighted by Crippen LogP contribution is 2.35. The number of nitrogens with one attached hydrogen (secondary N) is 1. The van der Waals surface area contributed by atoms with Crippen molar-refractivity contribution < 1.29 is 26.7 Å². The van der Waals surface area contributed by atoms with Gasteiger partial charge in [0.25, 0.3) is 5.92 Å². The fourth-order valence-corrected chi connectivity index (χ4v) is 6.24. The zero-order valence-corrected chi connectivity index (χ0v) is 22.7. The lowest BCUT2D eigenvalue weighted by atomic mass is 9.90. The van der Waals surface area contributed by atoms with Gasteiger partial charge < -0.3 is 15.4 Å². The maximum absolute atomic E-state index is 15.8. The maximum atomic E-state index is 15.8. The quantitative estimate of drug-likeness (QED) is 0.456. The first-order valence-corrected chi connectivity index (χ1v) is 14.9. The van der Waals surface area contributed by atoms with E-state index in [2.05, 4.69) is 0 Å². The zero-order chi connectivity index (χ0) is 27.3. The summed E-state index contributed by atoms with van der Waals surface area (Å²) < 4.78 is 65.8. The van der Waals surface area contributed by atoms with E-state index < -0.39 is 33.5 Å². The topological polar surface area (TPSA) is 102 Å². The van der Waals surface area contributed by atoms with E-state index in [9.17, 15) is 13.2 Å². The monoisotopic (exact) mass is 569 g/mol. The number of nitrogens with two attached hydrogens (primary N) is 1. The number of hydrogen-bond donors (Lipinski definition) is 2. The summed E-state index contributed by atoms with van der Waals surface area (Å²) in [7, 11) is -4.49. The molecule has 0 bridgehead atoms. The number of nitrogens with zero attached hydrogens (tertiary/aromatic N) is 1. The molecule has 2 aromatic carbocycles. The third kappa shape index (κ3) is 7.02. The summed E-state index contributed by atoms with van der Waals surface area (Å²) in [5, 5.41) is 0.240. The standard InChI is InChI=1S/C27H34ClF2N3O4S/c28-21-8-6-20(7-9-21)27(29,30)25(26(34)33-16-14-22(31)15-17-33)32-38(35,36)24-12-10-23(11-13-24)37-18-19-4-2-1-3-5-19/h6-13,19,22,25,32H,1-5,14-18,31H2. The van der Waals surface area contributed by atoms with E-state index in [0.29, 0.717) is 31.1 Å². The molecule has 11 heteroatoms. The van der Waals surface area contributed by atoms with Crippen LogP contribution in [0.5, 0.6) is 5.75 Å². The lowest BCUT2D eigenvalue weighted by molar-refractivity contribution is -0.145. The van der Waals surface area contributed by atoms with Crippen molar-refractivity contribution in [2.45, 2.75) is 67.8 Å². The molecule has 2 aromatic rings. The zero-order valence-electron chi connectivity index (χ0n) is 21.1. The molecule has 38 heavy (non-hydrogen) atoms. The molecule has 1 aliphatic heterocycles. The van der Waals surface area contributed by atoms with Gasteiger partial charge in [-0.3, -0.25) is 4.79 Å². The molecule has 1 heterocycles. The van der Waals surface area contributed by atoms with Crippen LogP contribution in [0.3, 0.4) is 0 Å². The van der Waals surface area contributed by atoms with Crippen molar-refractivity contribution in [3.05, 3.63) is 59.1 Å². The Hall–Kier alpha value is -2.27. The maximum Gasteiger partial charge on any atom is 0.298 e. The first-order valence-electron chi connectivity index (χ1n) is 13.0. The Kier molecular flexibility index (Phi) is 9.28. The molecule has 1 saturated heterocycles. The Morgan fingerprint density at radius 3 is 2.24 bits per heavy atom. The molecule has 1 saturated carbocycles. The molecule has 7 nitrogen and oxygen atoms in total. The number of carbonyl (C=O) groups is 1. The van der Waals surface area contributed by atoms with Gasteiger partial charge >= 0.3 is 0 Å². The second kappa shape index (κ2) is 12.3. The van der Waals surface area contributed by atoms with Gasteiger partial charge in [0.15, 0.2) is 6.04 Å². The molecular formula is C27H34ClF2N3O4S. The number of sulfonamides is 1. The number of piperidine rings is 1. The highest BCUT2D eigenvalue weighted by Gasteiger charge is 2.50. The van der Waals surface area contributed by atoms with Gasteiger partial charge in [-0.1, -0.05) is 43.0 Å². The normalized spacial score (nSPS) is 18.8. The van der Waals surface area contributed by atoms with Gasteiger partial charge in [0.05, 0.1) is 11.5 Å². The second-order valence-corrected chi connectivity index (χ2v) is 12.3. The van der Waals surface area contributed by atoms with Gasteiger partial charge in [0.2, 0.25) is 15.9 Å². The minimum Gasteiger partial charge on any atom is -0.493 e. The Morgan fingerprint density at radius 1 is 1.03 bits per heavy atom. The van der Waals surface area contributed by atoms with E-state index in [-0.39, 0.29) is 29.0 Å². The van der Waals surface area contributed by atoms with Crippen LogP contribution in [0, 0.1) is 5.92 Å². The first-order chi connectivity index (χ1) is 18.1. The van der Waals surface area contributed by atoms with E-state index in [0.717, 1.165) is 25.0 Å². The lowest BCUT2D eigenvalue weighted by Crippen LogP contribution is -2.57. The van der Waals surface area contributed by atoms with Gasteiger partial charge in [-0.25, -0.2) is 8.42 Å². The summed E-state index contributed by atoms with van der Waals surface area (Å²) in [5.74, 6) is -3.89. The van der Waals surface area contributed by atoms with Crippen LogP contribution in [-0.4, -0.2) is 51.0 Å². The number of halogens is 3. The SMILES string of the molecule is NC1CCN(C(=O)C(NS(=O)(=O)c2ccc(OCC3CCCCC3)cc2)C(F)(F)c2ccc(Cl)cc2)CC1. The predicted molar refractivity (Wildman–Crippen MR) is 142 cm³/mol. The van der Waals surface area contributed by atoms with Crippen molar-refractivity contribution >= 4 is 27.5 Å². The molecule has 2 fully saturated rings. The summed E-state index contributed by atoms with van der Waals surface area (Å²) in [4.78, 5) is 14.3. The summed E-state index contributed by atoms with van der Waals surface area (Å²) in [5.41, 5.74) is 5.37. The Balaban J connectivity index is 1.54. The molecule has 1 atom stereocenters. The van der Waals surface area contributed by atoms with E-state index in [1.807, 2.05) is 4.72 Å². The number of hydrogen-bond acceptors (Lipinski definition) is 5. The van der Waals surface area contributed by atoms with Crippen molar-refractivity contribution in [1.29, 1.82) is 0 Å². The first kappa shape index (κ1) is 28.7. The van der Waals surface area contributed by atoms with Crippen LogP contribution < -0.4 is 15.2 Å². The molecule has 3 N–H and O–H groups in total. The smallest absolute Gasteiger partial charge is 0.298 e. The average molecular weight is 570 g/mol. The van der Waals surface area contributed by atoms with Gasteiger partial charge in [0, 0.05) is 29.7 Å². The third-order valence-electron chi connectivity index (χ3n) is 7.31. The number of amides is 1. The van der Waals surface area contributed by atoms with Crippen LogP contribution >= 0.6 is 11.6 Å². The molecule has 0 spiro atoms. The van der Waals surface area contributed by atoms with Crippen molar-refractivity contribution in [2.75, 3.05) is 19.7 Å².